The molecule has 0 aromatic carbocycles. The van der Waals surface area contributed by atoms with Crippen molar-refractivity contribution in [3.05, 3.63) is 4.73 Å². The number of hydrogen-bond acceptors (Lipinski definition) is 5. The van der Waals surface area contributed by atoms with E-state index in [1.807, 2.05) is 20.8 Å². The zero-order chi connectivity index (χ0) is 11.6. The number of carbonyl (C=O) groups is 1. The summed E-state index contributed by atoms with van der Waals surface area (Å²) in [6, 6.07) is 0. The van der Waals surface area contributed by atoms with Crippen LogP contribution in [0.3, 0.4) is 0 Å². The molecule has 0 saturated carbocycles. The predicted molar refractivity (Wildman–Crippen MR) is 62.2 cm³/mol. The normalized spacial score (nSPS) is 11.3. The molecule has 0 bridgehead atoms. The van der Waals surface area contributed by atoms with E-state index >= 15 is 0 Å². The molecule has 0 aliphatic heterocycles. The molecule has 1 rings (SSSR count). The summed E-state index contributed by atoms with van der Waals surface area (Å²) in [5.41, 5.74) is -0.507. The van der Waals surface area contributed by atoms with Gasteiger partial charge in [-0.1, -0.05) is 0 Å². The van der Waals surface area contributed by atoms with Crippen LogP contribution in [0, 0.1) is 0 Å². The molecule has 7 heteroatoms. The van der Waals surface area contributed by atoms with Crippen molar-refractivity contribution < 1.29 is 9.53 Å². The Morgan fingerprint density at radius 2 is 2.13 bits per heavy atom. The SMILES string of the molecule is CN(C(=O)OC(C)(C)C)c1nc(Br)ns1. The van der Waals surface area contributed by atoms with Crippen molar-refractivity contribution in [3.8, 4) is 0 Å². The monoisotopic (exact) mass is 293 g/mol. The molecule has 0 spiro atoms. The molecule has 0 fully saturated rings. The van der Waals surface area contributed by atoms with Crippen LogP contribution in [0.5, 0.6) is 0 Å². The fourth-order valence-electron chi connectivity index (χ4n) is 0.743. The minimum absolute atomic E-state index is 0.439. The second-order valence-corrected chi connectivity index (χ2v) is 5.32. The van der Waals surface area contributed by atoms with Gasteiger partial charge in [0.1, 0.15) is 5.60 Å². The molecule has 0 N–H and O–H groups in total. The Morgan fingerprint density at radius 1 is 1.53 bits per heavy atom. The molecule has 1 aromatic rings. The van der Waals surface area contributed by atoms with Crippen molar-refractivity contribution in [2.75, 3.05) is 11.9 Å². The number of aromatic nitrogens is 2. The second-order valence-electron chi connectivity index (χ2n) is 3.89. The van der Waals surface area contributed by atoms with E-state index in [1.54, 1.807) is 7.05 Å². The third kappa shape index (κ3) is 3.75. The van der Waals surface area contributed by atoms with E-state index in [0.29, 0.717) is 9.87 Å². The summed E-state index contributed by atoms with van der Waals surface area (Å²) in [5.74, 6) is 0. The number of ether oxygens (including phenoxy) is 1. The maximum atomic E-state index is 11.6. The summed E-state index contributed by atoms with van der Waals surface area (Å²) in [5, 5.41) is 0.496. The van der Waals surface area contributed by atoms with E-state index in [1.165, 1.54) is 4.90 Å². The summed E-state index contributed by atoms with van der Waals surface area (Å²) in [7, 11) is 1.60. The van der Waals surface area contributed by atoms with E-state index in [4.69, 9.17) is 4.74 Å². The van der Waals surface area contributed by atoms with Crippen molar-refractivity contribution in [3.63, 3.8) is 0 Å². The van der Waals surface area contributed by atoms with Crippen molar-refractivity contribution in [1.82, 2.24) is 9.36 Å². The highest BCUT2D eigenvalue weighted by atomic mass is 79.9. The molecule has 0 aliphatic carbocycles. The molecule has 1 heterocycles. The predicted octanol–water partition coefficient (Wildman–Crippen LogP) is 2.67. The Kier molecular flexibility index (Phi) is 3.67. The molecule has 0 unspecified atom stereocenters. The zero-order valence-corrected chi connectivity index (χ0v) is 11.3. The molecule has 0 atom stereocenters. The second kappa shape index (κ2) is 4.44. The fraction of sp³-hybridized carbons (Fsp3) is 0.625. The van der Waals surface area contributed by atoms with Gasteiger partial charge in [-0.2, -0.15) is 9.36 Å². The van der Waals surface area contributed by atoms with Crippen LogP contribution in [0.1, 0.15) is 20.8 Å². The maximum absolute atomic E-state index is 11.6. The third-order valence-corrected chi connectivity index (χ3v) is 2.73. The van der Waals surface area contributed by atoms with E-state index in [9.17, 15) is 4.79 Å². The smallest absolute Gasteiger partial charge is 0.416 e. The Labute approximate surface area is 101 Å². The standard InChI is InChI=1S/C8H12BrN3O2S/c1-8(2,3)14-7(13)12(4)6-10-5(9)11-15-6/h1-4H3. The maximum Gasteiger partial charge on any atom is 0.416 e. The highest BCUT2D eigenvalue weighted by molar-refractivity contribution is 9.10. The van der Waals surface area contributed by atoms with Crippen LogP contribution in [-0.4, -0.2) is 28.1 Å². The van der Waals surface area contributed by atoms with Crippen molar-refractivity contribution in [1.29, 1.82) is 0 Å². The number of halogens is 1. The first-order chi connectivity index (χ1) is 6.79. The first-order valence-electron chi connectivity index (χ1n) is 4.25. The third-order valence-electron chi connectivity index (χ3n) is 1.34. The van der Waals surface area contributed by atoms with Crippen molar-refractivity contribution in [2.45, 2.75) is 26.4 Å². The molecule has 0 saturated heterocycles. The molecule has 84 valence electrons. The number of anilines is 1. The summed E-state index contributed by atoms with van der Waals surface area (Å²) < 4.78 is 9.56. The van der Waals surface area contributed by atoms with Crippen LogP contribution in [0.25, 0.3) is 0 Å². The van der Waals surface area contributed by atoms with Gasteiger partial charge in [0.25, 0.3) is 0 Å². The van der Waals surface area contributed by atoms with E-state index < -0.39 is 11.7 Å². The lowest BCUT2D eigenvalue weighted by Gasteiger charge is -2.22. The van der Waals surface area contributed by atoms with Gasteiger partial charge in [0.05, 0.1) is 0 Å². The van der Waals surface area contributed by atoms with Gasteiger partial charge < -0.3 is 4.74 Å². The molecule has 0 radical (unpaired) electrons. The zero-order valence-electron chi connectivity index (χ0n) is 8.94. The first-order valence-corrected chi connectivity index (χ1v) is 5.82. The van der Waals surface area contributed by atoms with E-state index in [2.05, 4.69) is 25.3 Å². The van der Waals surface area contributed by atoms with Crippen LogP contribution < -0.4 is 4.90 Å². The van der Waals surface area contributed by atoms with Crippen LogP contribution in [-0.2, 0) is 4.74 Å². The lowest BCUT2D eigenvalue weighted by Crippen LogP contribution is -2.34. The van der Waals surface area contributed by atoms with E-state index in [0.717, 1.165) is 11.5 Å². The van der Waals surface area contributed by atoms with Crippen LogP contribution >= 0.6 is 27.5 Å². The average Bonchev–Trinajstić information content (AvgIpc) is 2.47. The number of carbonyl (C=O) groups excluding carboxylic acids is 1. The summed E-state index contributed by atoms with van der Waals surface area (Å²) in [6.45, 7) is 5.44. The fourth-order valence-corrected chi connectivity index (χ4v) is 1.77. The topological polar surface area (TPSA) is 55.3 Å². The first kappa shape index (κ1) is 12.4. The molecule has 0 aliphatic rings. The highest BCUT2D eigenvalue weighted by Crippen LogP contribution is 2.20. The number of amides is 1. The minimum Gasteiger partial charge on any atom is -0.443 e. The molecule has 1 aromatic heterocycles. The minimum atomic E-state index is -0.507. The van der Waals surface area contributed by atoms with Gasteiger partial charge in [-0.3, -0.25) is 4.90 Å². The highest BCUT2D eigenvalue weighted by Gasteiger charge is 2.22. The van der Waals surface area contributed by atoms with Gasteiger partial charge in [0.15, 0.2) is 0 Å². The largest absolute Gasteiger partial charge is 0.443 e. The van der Waals surface area contributed by atoms with Gasteiger partial charge >= 0.3 is 6.09 Å². The Hall–Kier alpha value is -0.690. The van der Waals surface area contributed by atoms with Gasteiger partial charge in [0, 0.05) is 18.6 Å². The van der Waals surface area contributed by atoms with Gasteiger partial charge in [-0.15, -0.1) is 0 Å². The average molecular weight is 294 g/mol. The Balaban J connectivity index is 2.69. The molecule has 15 heavy (non-hydrogen) atoms. The van der Waals surface area contributed by atoms with Crippen molar-refractivity contribution >= 4 is 38.7 Å². The van der Waals surface area contributed by atoms with Gasteiger partial charge in [-0.25, -0.2) is 4.79 Å². The molecule has 1 amide bonds. The molecular weight excluding hydrogens is 282 g/mol. The summed E-state index contributed by atoms with van der Waals surface area (Å²) in [6.07, 6.45) is -0.439. The number of nitrogens with zero attached hydrogens (tertiary/aromatic N) is 3. The van der Waals surface area contributed by atoms with E-state index in [-0.39, 0.29) is 0 Å². The molecular formula is C8H12BrN3O2S. The Bertz CT molecular complexity index is 361. The Morgan fingerprint density at radius 3 is 2.53 bits per heavy atom. The quantitative estimate of drug-likeness (QED) is 0.799. The van der Waals surface area contributed by atoms with Crippen LogP contribution in [0.4, 0.5) is 9.93 Å². The van der Waals surface area contributed by atoms with Crippen LogP contribution in [0.15, 0.2) is 4.73 Å². The lowest BCUT2D eigenvalue weighted by molar-refractivity contribution is 0.0589. The van der Waals surface area contributed by atoms with Crippen molar-refractivity contribution in [2.24, 2.45) is 0 Å². The molecule has 5 nitrogen and oxygen atoms in total. The van der Waals surface area contributed by atoms with Gasteiger partial charge in [-0.05, 0) is 36.7 Å². The van der Waals surface area contributed by atoms with Crippen LogP contribution in [0.2, 0.25) is 0 Å². The number of hydrogen-bond donors (Lipinski definition) is 0. The number of rotatable bonds is 1. The van der Waals surface area contributed by atoms with Gasteiger partial charge in [0.2, 0.25) is 9.87 Å². The lowest BCUT2D eigenvalue weighted by atomic mass is 10.2. The summed E-state index contributed by atoms with van der Waals surface area (Å²) in [4.78, 5) is 16.9. The summed E-state index contributed by atoms with van der Waals surface area (Å²) >= 11 is 4.25.